The van der Waals surface area contributed by atoms with Gasteiger partial charge >= 0.3 is 0 Å². The summed E-state index contributed by atoms with van der Waals surface area (Å²) in [5.74, 6) is 2.76. The molecule has 33 heavy (non-hydrogen) atoms. The van der Waals surface area contributed by atoms with Gasteiger partial charge in [0, 0.05) is 64.9 Å². The molecule has 0 aliphatic carbocycles. The van der Waals surface area contributed by atoms with Crippen molar-refractivity contribution in [3.63, 3.8) is 0 Å². The van der Waals surface area contributed by atoms with Crippen molar-refractivity contribution in [2.75, 3.05) is 67.7 Å². The fraction of sp³-hybridized carbons (Fsp3) is 0.652. The number of halogens is 1. The number of likely N-dealkylation sites (tertiary alicyclic amines) is 1. The summed E-state index contributed by atoms with van der Waals surface area (Å²) in [4.78, 5) is 20.5. The van der Waals surface area contributed by atoms with E-state index in [0.29, 0.717) is 11.9 Å². The molecule has 10 heteroatoms. The van der Waals surface area contributed by atoms with Crippen molar-refractivity contribution in [1.82, 2.24) is 20.4 Å². The largest absolute Gasteiger partial charge is 0.497 e. The van der Waals surface area contributed by atoms with E-state index in [1.807, 2.05) is 18.2 Å². The van der Waals surface area contributed by atoms with Gasteiger partial charge in [-0.3, -0.25) is 9.69 Å². The third-order valence-electron chi connectivity index (χ3n) is 5.88. The summed E-state index contributed by atoms with van der Waals surface area (Å²) in [5.41, 5.74) is 1.16. The second-order valence-electron chi connectivity index (χ2n) is 8.65. The Morgan fingerprint density at radius 1 is 1.21 bits per heavy atom. The zero-order valence-corrected chi connectivity index (χ0v) is 22.5. The van der Waals surface area contributed by atoms with Gasteiger partial charge in [0.1, 0.15) is 18.0 Å². The molecule has 2 atom stereocenters. The van der Waals surface area contributed by atoms with Gasteiger partial charge in [-0.1, -0.05) is 0 Å². The Balaban J connectivity index is 0.00000385. The zero-order chi connectivity index (χ0) is 22.9. The highest BCUT2D eigenvalue weighted by Gasteiger charge is 2.24. The van der Waals surface area contributed by atoms with E-state index in [2.05, 4.69) is 20.5 Å². The summed E-state index contributed by atoms with van der Waals surface area (Å²) in [7, 11) is 6.83. The highest BCUT2D eigenvalue weighted by Crippen LogP contribution is 2.24. The molecule has 186 valence electrons. The van der Waals surface area contributed by atoms with E-state index in [4.69, 9.17) is 14.2 Å². The summed E-state index contributed by atoms with van der Waals surface area (Å²) < 4.78 is 16.3. The van der Waals surface area contributed by atoms with E-state index in [9.17, 15) is 4.79 Å². The highest BCUT2D eigenvalue weighted by molar-refractivity contribution is 14.0. The lowest BCUT2D eigenvalue weighted by Gasteiger charge is -2.21. The van der Waals surface area contributed by atoms with Crippen LogP contribution < -0.4 is 20.1 Å². The topological polar surface area (TPSA) is 87.7 Å². The van der Waals surface area contributed by atoms with E-state index < -0.39 is 0 Å². The van der Waals surface area contributed by atoms with Crippen LogP contribution in [-0.2, 0) is 16.1 Å². The SMILES string of the molecule is COc1cc(CN2CCC(NC(=NCC(=O)N(C)C)NCC3CCOC3)C2)cc(OC)c1.I. The number of nitrogens with zero attached hydrogens (tertiary/aromatic N) is 3. The van der Waals surface area contributed by atoms with Crippen LogP contribution in [0.15, 0.2) is 23.2 Å². The molecule has 0 aromatic heterocycles. The van der Waals surface area contributed by atoms with Crippen molar-refractivity contribution >= 4 is 35.8 Å². The fourth-order valence-electron chi connectivity index (χ4n) is 3.93. The molecule has 2 aliphatic heterocycles. The van der Waals surface area contributed by atoms with Crippen LogP contribution in [0.25, 0.3) is 0 Å². The monoisotopic (exact) mass is 575 g/mol. The second kappa shape index (κ2) is 13.8. The molecule has 1 amide bonds. The average molecular weight is 575 g/mol. The number of carbonyl (C=O) groups excluding carboxylic acids is 1. The minimum atomic E-state index is -0.0182. The van der Waals surface area contributed by atoms with Crippen LogP contribution in [0, 0.1) is 5.92 Å². The quantitative estimate of drug-likeness (QED) is 0.263. The van der Waals surface area contributed by atoms with Gasteiger partial charge in [0.15, 0.2) is 5.96 Å². The van der Waals surface area contributed by atoms with Crippen LogP contribution in [0.5, 0.6) is 11.5 Å². The predicted molar refractivity (Wildman–Crippen MR) is 140 cm³/mol. The Bertz CT molecular complexity index is 764. The van der Waals surface area contributed by atoms with Crippen LogP contribution in [0.1, 0.15) is 18.4 Å². The van der Waals surface area contributed by atoms with Crippen LogP contribution in [0.3, 0.4) is 0 Å². The number of aliphatic imine (C=N–C) groups is 1. The standard InChI is InChI=1S/C23H37N5O4.HI/c1-27(2)22(29)13-25-23(24-12-17-6-8-32-16-17)26-19-5-7-28(15-19)14-18-9-20(30-3)11-21(10-18)31-4;/h9-11,17,19H,5-8,12-16H2,1-4H3,(H2,24,25,26);1H. The number of methoxy groups -OCH3 is 2. The molecule has 2 fully saturated rings. The summed E-state index contributed by atoms with van der Waals surface area (Å²) >= 11 is 0. The van der Waals surface area contributed by atoms with E-state index in [-0.39, 0.29) is 42.5 Å². The molecule has 0 spiro atoms. The maximum absolute atomic E-state index is 12.0. The molecule has 3 rings (SSSR count). The number of carbonyl (C=O) groups is 1. The third-order valence-corrected chi connectivity index (χ3v) is 5.88. The molecule has 1 aromatic rings. The Kier molecular flexibility index (Phi) is 11.5. The van der Waals surface area contributed by atoms with E-state index in [1.165, 1.54) is 0 Å². The number of hydrogen-bond donors (Lipinski definition) is 2. The van der Waals surface area contributed by atoms with Gasteiger partial charge in [0.05, 0.1) is 20.8 Å². The number of ether oxygens (including phenoxy) is 3. The minimum absolute atomic E-state index is 0. The van der Waals surface area contributed by atoms with Crippen molar-refractivity contribution in [3.8, 4) is 11.5 Å². The first-order chi connectivity index (χ1) is 15.5. The predicted octanol–water partition coefficient (Wildman–Crippen LogP) is 1.56. The second-order valence-corrected chi connectivity index (χ2v) is 8.65. The molecule has 0 saturated carbocycles. The van der Waals surface area contributed by atoms with Gasteiger partial charge in [0.25, 0.3) is 0 Å². The van der Waals surface area contributed by atoms with Crippen LogP contribution >= 0.6 is 24.0 Å². The smallest absolute Gasteiger partial charge is 0.243 e. The maximum atomic E-state index is 12.0. The number of benzene rings is 1. The average Bonchev–Trinajstić information content (AvgIpc) is 3.47. The van der Waals surface area contributed by atoms with Gasteiger partial charge in [-0.2, -0.15) is 0 Å². The first-order valence-electron chi connectivity index (χ1n) is 11.2. The van der Waals surface area contributed by atoms with E-state index in [0.717, 1.165) is 69.3 Å². The van der Waals surface area contributed by atoms with Gasteiger partial charge in [-0.05, 0) is 30.5 Å². The van der Waals surface area contributed by atoms with Crippen molar-refractivity contribution in [1.29, 1.82) is 0 Å². The summed E-state index contributed by atoms with van der Waals surface area (Å²) in [5, 5.41) is 6.95. The molecule has 9 nitrogen and oxygen atoms in total. The Hall–Kier alpha value is -1.79. The first-order valence-corrected chi connectivity index (χ1v) is 11.2. The molecule has 0 radical (unpaired) electrons. The lowest BCUT2D eigenvalue weighted by atomic mass is 10.1. The molecule has 2 heterocycles. The molecule has 2 saturated heterocycles. The summed E-state index contributed by atoms with van der Waals surface area (Å²) in [6.45, 7) is 5.22. The van der Waals surface area contributed by atoms with E-state index >= 15 is 0 Å². The number of guanidine groups is 1. The zero-order valence-electron chi connectivity index (χ0n) is 20.1. The van der Waals surface area contributed by atoms with Crippen molar-refractivity contribution < 1.29 is 19.0 Å². The van der Waals surface area contributed by atoms with Crippen LogP contribution in [0.4, 0.5) is 0 Å². The molecular weight excluding hydrogens is 537 g/mol. The summed E-state index contributed by atoms with van der Waals surface area (Å²) in [6.07, 6.45) is 2.06. The van der Waals surface area contributed by atoms with Gasteiger partial charge in [-0.15, -0.1) is 24.0 Å². The van der Waals surface area contributed by atoms with Crippen molar-refractivity contribution in [2.45, 2.75) is 25.4 Å². The molecule has 2 N–H and O–H groups in total. The van der Waals surface area contributed by atoms with Gasteiger partial charge in [-0.25, -0.2) is 4.99 Å². The number of likely N-dealkylation sites (N-methyl/N-ethyl adjacent to an activating group) is 1. The van der Waals surface area contributed by atoms with Crippen LogP contribution in [0.2, 0.25) is 0 Å². The number of rotatable bonds is 9. The van der Waals surface area contributed by atoms with Gasteiger partial charge in [0.2, 0.25) is 5.91 Å². The number of amides is 1. The Labute approximate surface area is 214 Å². The Morgan fingerprint density at radius 2 is 1.94 bits per heavy atom. The Morgan fingerprint density at radius 3 is 2.55 bits per heavy atom. The summed E-state index contributed by atoms with van der Waals surface area (Å²) in [6, 6.07) is 6.25. The van der Waals surface area contributed by atoms with Gasteiger partial charge < -0.3 is 29.7 Å². The fourth-order valence-corrected chi connectivity index (χ4v) is 3.93. The third kappa shape index (κ3) is 8.82. The van der Waals surface area contributed by atoms with E-state index in [1.54, 1.807) is 33.2 Å². The molecule has 2 unspecified atom stereocenters. The molecule has 2 aliphatic rings. The number of nitrogens with one attached hydrogen (secondary N) is 2. The lowest BCUT2D eigenvalue weighted by molar-refractivity contribution is -0.127. The number of hydrogen-bond acceptors (Lipinski definition) is 6. The lowest BCUT2D eigenvalue weighted by Crippen LogP contribution is -2.46. The highest BCUT2D eigenvalue weighted by atomic mass is 127. The normalized spacial score (nSPS) is 20.8. The minimum Gasteiger partial charge on any atom is -0.497 e. The maximum Gasteiger partial charge on any atom is 0.243 e. The van der Waals surface area contributed by atoms with Crippen molar-refractivity contribution in [3.05, 3.63) is 23.8 Å². The van der Waals surface area contributed by atoms with Crippen LogP contribution in [-0.4, -0.2) is 95.4 Å². The first kappa shape index (κ1) is 27.5. The molecule has 0 bridgehead atoms. The molecule has 1 aromatic carbocycles. The molecular formula is C23H38IN5O4. The van der Waals surface area contributed by atoms with Crippen molar-refractivity contribution in [2.24, 2.45) is 10.9 Å².